The number of aryl methyl sites for hydroxylation is 1. The van der Waals surface area contributed by atoms with Gasteiger partial charge < -0.3 is 15.7 Å². The zero-order valence-corrected chi connectivity index (χ0v) is 21.6. The lowest BCUT2D eigenvalue weighted by Crippen LogP contribution is -2.30. The molecule has 0 aliphatic heterocycles. The molecular formula is C30H30F2N4O3. The maximum absolute atomic E-state index is 14.8. The van der Waals surface area contributed by atoms with Crippen LogP contribution in [0.2, 0.25) is 0 Å². The first-order valence-electron chi connectivity index (χ1n) is 13.1. The molecule has 0 radical (unpaired) electrons. The van der Waals surface area contributed by atoms with E-state index in [2.05, 4.69) is 15.6 Å². The molecule has 0 spiro atoms. The number of fused-ring (bicyclic) bond motifs is 1. The highest BCUT2D eigenvalue weighted by atomic mass is 19.1. The summed E-state index contributed by atoms with van der Waals surface area (Å²) in [5, 5.41) is 15.7. The van der Waals surface area contributed by atoms with E-state index < -0.39 is 29.6 Å². The number of anilines is 1. The second-order valence-corrected chi connectivity index (χ2v) is 10.1. The molecule has 39 heavy (non-hydrogen) atoms. The topological polar surface area (TPSA) is 95.7 Å². The fourth-order valence-corrected chi connectivity index (χ4v) is 5.10. The van der Waals surface area contributed by atoms with Crippen LogP contribution in [0, 0.1) is 18.6 Å². The second-order valence-electron chi connectivity index (χ2n) is 10.1. The number of amides is 1. The Kier molecular flexibility index (Phi) is 7.58. The Labute approximate surface area is 224 Å². The summed E-state index contributed by atoms with van der Waals surface area (Å²) in [7, 11) is 0. The van der Waals surface area contributed by atoms with E-state index in [-0.39, 0.29) is 29.3 Å². The van der Waals surface area contributed by atoms with Gasteiger partial charge in [-0.2, -0.15) is 0 Å². The van der Waals surface area contributed by atoms with E-state index in [4.69, 9.17) is 0 Å². The number of carboxylic acids is 1. The van der Waals surface area contributed by atoms with Crippen LogP contribution in [-0.4, -0.2) is 32.4 Å². The lowest BCUT2D eigenvalue weighted by Gasteiger charge is -2.24. The first-order valence-corrected chi connectivity index (χ1v) is 13.1. The van der Waals surface area contributed by atoms with Gasteiger partial charge in [-0.25, -0.2) is 13.8 Å². The van der Waals surface area contributed by atoms with Gasteiger partial charge in [0, 0.05) is 23.4 Å². The van der Waals surface area contributed by atoms with Crippen LogP contribution in [0.25, 0.3) is 16.9 Å². The van der Waals surface area contributed by atoms with Crippen molar-refractivity contribution in [3.8, 4) is 11.3 Å². The monoisotopic (exact) mass is 532 g/mol. The van der Waals surface area contributed by atoms with Crippen molar-refractivity contribution < 1.29 is 23.5 Å². The minimum atomic E-state index is -1.04. The molecule has 5 rings (SSSR count). The van der Waals surface area contributed by atoms with E-state index in [1.165, 1.54) is 6.42 Å². The largest absolute Gasteiger partial charge is 0.481 e. The molecular weight excluding hydrogens is 502 g/mol. The van der Waals surface area contributed by atoms with Gasteiger partial charge in [0.1, 0.15) is 28.8 Å². The summed E-state index contributed by atoms with van der Waals surface area (Å²) in [5.41, 5.74) is 2.64. The third-order valence-corrected chi connectivity index (χ3v) is 7.18. The van der Waals surface area contributed by atoms with Crippen LogP contribution in [0.4, 0.5) is 14.6 Å². The van der Waals surface area contributed by atoms with Crippen molar-refractivity contribution >= 4 is 23.3 Å². The molecule has 1 unspecified atom stereocenters. The molecule has 2 heterocycles. The van der Waals surface area contributed by atoms with Gasteiger partial charge in [0.25, 0.3) is 5.91 Å². The standard InChI is InChI=1S/C30H30F2N4O3/c1-18-7-9-19(10-8-18)25(17-27(37)38)34-30(39)20-13-14-36-26(15-20)35-28(23-16-21(31)11-12-24(23)32)29(36)33-22-5-3-2-4-6-22/h7-16,22,25,33H,2-6,17H2,1H3,(H,34,39)(H,37,38). The first kappa shape index (κ1) is 26.3. The molecule has 1 fully saturated rings. The Bertz CT molecular complexity index is 1510. The lowest BCUT2D eigenvalue weighted by atomic mass is 9.95. The van der Waals surface area contributed by atoms with Gasteiger partial charge >= 0.3 is 5.97 Å². The number of halogens is 2. The molecule has 3 N–H and O–H groups in total. The quantitative estimate of drug-likeness (QED) is 0.248. The van der Waals surface area contributed by atoms with E-state index in [1.54, 1.807) is 34.9 Å². The van der Waals surface area contributed by atoms with Gasteiger partial charge in [-0.1, -0.05) is 49.1 Å². The Hall–Kier alpha value is -4.27. The first-order chi connectivity index (χ1) is 18.8. The number of aromatic nitrogens is 2. The van der Waals surface area contributed by atoms with E-state index in [9.17, 15) is 23.5 Å². The molecule has 1 amide bonds. The van der Waals surface area contributed by atoms with Gasteiger partial charge in [0.15, 0.2) is 0 Å². The third-order valence-electron chi connectivity index (χ3n) is 7.18. The zero-order chi connectivity index (χ0) is 27.5. The summed E-state index contributed by atoms with van der Waals surface area (Å²) in [4.78, 5) is 29.3. The van der Waals surface area contributed by atoms with Crippen LogP contribution < -0.4 is 10.6 Å². The molecule has 0 saturated heterocycles. The van der Waals surface area contributed by atoms with E-state index in [0.29, 0.717) is 17.0 Å². The van der Waals surface area contributed by atoms with Crippen LogP contribution in [0.5, 0.6) is 0 Å². The van der Waals surface area contributed by atoms with E-state index in [0.717, 1.165) is 49.4 Å². The number of carboxylic acid groups (broad SMARTS) is 1. The SMILES string of the molecule is Cc1ccc(C(CC(=O)O)NC(=O)c2ccn3c(NC4CCCCC4)c(-c4cc(F)ccc4F)nc3c2)cc1. The number of imidazole rings is 1. The van der Waals surface area contributed by atoms with Gasteiger partial charge in [0.05, 0.1) is 12.5 Å². The predicted octanol–water partition coefficient (Wildman–Crippen LogP) is 6.28. The van der Waals surface area contributed by atoms with Crippen molar-refractivity contribution in [2.24, 2.45) is 0 Å². The number of aliphatic carboxylic acids is 1. The van der Waals surface area contributed by atoms with Crippen LogP contribution >= 0.6 is 0 Å². The average molecular weight is 533 g/mol. The van der Waals surface area contributed by atoms with Crippen LogP contribution in [0.1, 0.15) is 66.1 Å². The number of carbonyl (C=O) groups is 2. The van der Waals surface area contributed by atoms with Crippen LogP contribution in [0.3, 0.4) is 0 Å². The third kappa shape index (κ3) is 5.92. The van der Waals surface area contributed by atoms with Crippen molar-refractivity contribution in [2.75, 3.05) is 5.32 Å². The number of hydrogen-bond donors (Lipinski definition) is 3. The van der Waals surface area contributed by atoms with E-state index in [1.807, 2.05) is 19.1 Å². The van der Waals surface area contributed by atoms with Gasteiger partial charge in [0.2, 0.25) is 0 Å². The summed E-state index contributed by atoms with van der Waals surface area (Å²) in [6.45, 7) is 1.93. The fourth-order valence-electron chi connectivity index (χ4n) is 5.10. The molecule has 1 saturated carbocycles. The Morgan fingerprint density at radius 1 is 1.05 bits per heavy atom. The predicted molar refractivity (Wildman–Crippen MR) is 145 cm³/mol. The molecule has 2 aromatic carbocycles. The second kappa shape index (κ2) is 11.2. The number of carbonyl (C=O) groups excluding carboxylic acids is 1. The summed E-state index contributed by atoms with van der Waals surface area (Å²) in [6, 6.07) is 13.2. The Morgan fingerprint density at radius 3 is 2.51 bits per heavy atom. The van der Waals surface area contributed by atoms with Crippen LogP contribution in [0.15, 0.2) is 60.8 Å². The number of nitrogens with one attached hydrogen (secondary N) is 2. The Morgan fingerprint density at radius 2 is 1.79 bits per heavy atom. The number of hydrogen-bond acceptors (Lipinski definition) is 4. The van der Waals surface area contributed by atoms with Crippen molar-refractivity contribution in [1.82, 2.24) is 14.7 Å². The molecule has 202 valence electrons. The highest BCUT2D eigenvalue weighted by Gasteiger charge is 2.24. The van der Waals surface area contributed by atoms with Gasteiger partial charge in [-0.3, -0.25) is 14.0 Å². The average Bonchev–Trinajstić information content (AvgIpc) is 3.27. The fraction of sp³-hybridized carbons (Fsp3) is 0.300. The number of benzene rings is 2. The normalized spacial score (nSPS) is 14.7. The number of nitrogens with zero attached hydrogens (tertiary/aromatic N) is 2. The number of rotatable bonds is 8. The van der Waals surface area contributed by atoms with Gasteiger partial charge in [-0.05, 0) is 55.7 Å². The maximum atomic E-state index is 14.8. The molecule has 9 heteroatoms. The highest BCUT2D eigenvalue weighted by molar-refractivity contribution is 5.96. The van der Waals surface area contributed by atoms with Crippen molar-refractivity contribution in [3.63, 3.8) is 0 Å². The summed E-state index contributed by atoms with van der Waals surface area (Å²) in [5.74, 6) is -2.14. The number of pyridine rings is 1. The van der Waals surface area contributed by atoms with Gasteiger partial charge in [-0.15, -0.1) is 0 Å². The molecule has 0 bridgehead atoms. The molecule has 2 aromatic heterocycles. The molecule has 4 aromatic rings. The minimum absolute atomic E-state index is 0.0314. The highest BCUT2D eigenvalue weighted by Crippen LogP contribution is 2.33. The summed E-state index contributed by atoms with van der Waals surface area (Å²) < 4.78 is 30.7. The van der Waals surface area contributed by atoms with Crippen LogP contribution in [-0.2, 0) is 4.79 Å². The lowest BCUT2D eigenvalue weighted by molar-refractivity contribution is -0.137. The summed E-state index contributed by atoms with van der Waals surface area (Å²) >= 11 is 0. The molecule has 1 aliphatic carbocycles. The van der Waals surface area contributed by atoms with E-state index >= 15 is 0 Å². The summed E-state index contributed by atoms with van der Waals surface area (Å²) in [6.07, 6.45) is 6.65. The minimum Gasteiger partial charge on any atom is -0.481 e. The molecule has 7 nitrogen and oxygen atoms in total. The Balaban J connectivity index is 1.50. The molecule has 1 atom stereocenters. The maximum Gasteiger partial charge on any atom is 0.305 e. The zero-order valence-electron chi connectivity index (χ0n) is 21.6. The van der Waals surface area contributed by atoms with Crippen molar-refractivity contribution in [1.29, 1.82) is 0 Å². The molecule has 1 aliphatic rings. The van der Waals surface area contributed by atoms with Crippen molar-refractivity contribution in [3.05, 3.63) is 89.1 Å². The smallest absolute Gasteiger partial charge is 0.305 e. The van der Waals surface area contributed by atoms with Crippen molar-refractivity contribution in [2.45, 2.75) is 57.5 Å².